The molecular weight excluding hydrogens is 230 g/mol. The lowest BCUT2D eigenvalue weighted by Gasteiger charge is -2.09. The number of hydrogen-bond donors (Lipinski definition) is 1. The lowest BCUT2D eigenvalue weighted by molar-refractivity contribution is -0.116. The van der Waals surface area contributed by atoms with E-state index in [0.717, 1.165) is 5.56 Å². The molecule has 1 aromatic carbocycles. The van der Waals surface area contributed by atoms with Crippen LogP contribution in [0.25, 0.3) is 6.08 Å². The summed E-state index contributed by atoms with van der Waals surface area (Å²) in [6, 6.07) is 5.48. The fraction of sp³-hybridized carbons (Fsp3) is 0.214. The molecule has 1 N–H and O–H groups in total. The number of ether oxygens (including phenoxy) is 2. The summed E-state index contributed by atoms with van der Waals surface area (Å²) in [6.07, 6.45) is 4.75. The van der Waals surface area contributed by atoms with Gasteiger partial charge >= 0.3 is 0 Å². The fourth-order valence-electron chi connectivity index (χ4n) is 1.44. The highest BCUT2D eigenvalue weighted by Gasteiger charge is 2.06. The van der Waals surface area contributed by atoms with Gasteiger partial charge in [0.15, 0.2) is 11.5 Å². The molecule has 0 saturated carbocycles. The molecule has 0 saturated heterocycles. The van der Waals surface area contributed by atoms with Crippen LogP contribution in [0.3, 0.4) is 0 Å². The van der Waals surface area contributed by atoms with Crippen LogP contribution < -0.4 is 14.8 Å². The van der Waals surface area contributed by atoms with Gasteiger partial charge in [-0.3, -0.25) is 4.79 Å². The third-order valence-corrected chi connectivity index (χ3v) is 2.27. The second-order valence-electron chi connectivity index (χ2n) is 3.45. The van der Waals surface area contributed by atoms with Gasteiger partial charge in [0.25, 0.3) is 0 Å². The van der Waals surface area contributed by atoms with E-state index in [0.29, 0.717) is 18.0 Å². The number of carbonyl (C=O) groups is 1. The van der Waals surface area contributed by atoms with Crippen molar-refractivity contribution in [3.63, 3.8) is 0 Å². The summed E-state index contributed by atoms with van der Waals surface area (Å²) in [5.41, 5.74) is 0.783. The van der Waals surface area contributed by atoms with Crippen LogP contribution in [0.5, 0.6) is 11.5 Å². The minimum Gasteiger partial charge on any atom is -0.493 e. The van der Waals surface area contributed by atoms with Gasteiger partial charge in [-0.25, -0.2) is 0 Å². The molecule has 1 aromatic rings. The van der Waals surface area contributed by atoms with Crippen LogP contribution in [0, 0.1) is 0 Å². The Morgan fingerprint density at radius 2 is 2.17 bits per heavy atom. The Kier molecular flexibility index (Phi) is 5.51. The first-order chi connectivity index (χ1) is 8.72. The van der Waals surface area contributed by atoms with Crippen LogP contribution in [0.1, 0.15) is 5.56 Å². The van der Waals surface area contributed by atoms with Crippen LogP contribution in [0.4, 0.5) is 0 Å². The van der Waals surface area contributed by atoms with E-state index in [1.165, 1.54) is 6.08 Å². The number of amides is 1. The first-order valence-corrected chi connectivity index (χ1v) is 5.50. The maximum absolute atomic E-state index is 11.4. The predicted molar refractivity (Wildman–Crippen MR) is 71.8 cm³/mol. The van der Waals surface area contributed by atoms with Crippen molar-refractivity contribution in [2.24, 2.45) is 0 Å². The Bertz CT molecular complexity index is 452. The molecule has 0 aliphatic heterocycles. The Labute approximate surface area is 107 Å². The van der Waals surface area contributed by atoms with Crippen molar-refractivity contribution < 1.29 is 14.3 Å². The molecular formula is C14H17NO3. The quantitative estimate of drug-likeness (QED) is 0.618. The van der Waals surface area contributed by atoms with E-state index in [-0.39, 0.29) is 5.91 Å². The van der Waals surface area contributed by atoms with Crippen molar-refractivity contribution in [3.05, 3.63) is 42.5 Å². The number of nitrogens with one attached hydrogen (secondary N) is 1. The van der Waals surface area contributed by atoms with E-state index in [2.05, 4.69) is 11.9 Å². The topological polar surface area (TPSA) is 47.6 Å². The maximum Gasteiger partial charge on any atom is 0.244 e. The Morgan fingerprint density at radius 3 is 2.78 bits per heavy atom. The lowest BCUT2D eigenvalue weighted by Crippen LogP contribution is -2.20. The molecule has 0 bridgehead atoms. The number of benzene rings is 1. The van der Waals surface area contributed by atoms with Gasteiger partial charge in [0.2, 0.25) is 5.91 Å². The normalized spacial score (nSPS) is 10.1. The van der Waals surface area contributed by atoms with Crippen LogP contribution in [-0.2, 0) is 4.79 Å². The zero-order valence-electron chi connectivity index (χ0n) is 10.6. The molecule has 96 valence electrons. The average Bonchev–Trinajstić information content (AvgIpc) is 2.41. The van der Waals surface area contributed by atoms with Gasteiger partial charge in [-0.2, -0.15) is 0 Å². The molecule has 0 radical (unpaired) electrons. The van der Waals surface area contributed by atoms with E-state index in [1.807, 2.05) is 12.1 Å². The van der Waals surface area contributed by atoms with Crippen molar-refractivity contribution in [2.45, 2.75) is 0 Å². The Balaban J connectivity index is 2.86. The minimum atomic E-state index is -0.181. The second-order valence-corrected chi connectivity index (χ2v) is 3.45. The third-order valence-electron chi connectivity index (χ3n) is 2.27. The maximum atomic E-state index is 11.4. The summed E-state index contributed by atoms with van der Waals surface area (Å²) in [6.45, 7) is 3.97. The van der Waals surface area contributed by atoms with Crippen LogP contribution in [0.2, 0.25) is 0 Å². The zero-order chi connectivity index (χ0) is 13.4. The Hall–Kier alpha value is -2.23. The summed E-state index contributed by atoms with van der Waals surface area (Å²) in [4.78, 5) is 11.4. The van der Waals surface area contributed by atoms with E-state index < -0.39 is 0 Å². The minimum absolute atomic E-state index is 0.181. The molecule has 1 rings (SSSR count). The average molecular weight is 247 g/mol. The molecule has 0 unspecified atom stereocenters. The van der Waals surface area contributed by atoms with Gasteiger partial charge in [0.1, 0.15) is 0 Å². The van der Waals surface area contributed by atoms with E-state index in [4.69, 9.17) is 9.47 Å². The van der Waals surface area contributed by atoms with Crippen LogP contribution in [0.15, 0.2) is 36.9 Å². The molecule has 18 heavy (non-hydrogen) atoms. The van der Waals surface area contributed by atoms with Gasteiger partial charge in [0.05, 0.1) is 14.2 Å². The van der Waals surface area contributed by atoms with E-state index in [1.54, 1.807) is 32.4 Å². The smallest absolute Gasteiger partial charge is 0.244 e. The molecule has 0 spiro atoms. The molecule has 4 heteroatoms. The van der Waals surface area contributed by atoms with Crippen molar-refractivity contribution >= 4 is 12.0 Å². The fourth-order valence-corrected chi connectivity index (χ4v) is 1.44. The second kappa shape index (κ2) is 7.17. The highest BCUT2D eigenvalue weighted by atomic mass is 16.5. The summed E-state index contributed by atoms with van der Waals surface area (Å²) in [5.74, 6) is 1.05. The highest BCUT2D eigenvalue weighted by Crippen LogP contribution is 2.31. The molecule has 1 amide bonds. The van der Waals surface area contributed by atoms with E-state index in [9.17, 15) is 4.79 Å². The SMILES string of the molecule is C=CCNC(=O)/C=C/c1cccc(OC)c1OC. The lowest BCUT2D eigenvalue weighted by atomic mass is 10.1. The number of hydrogen-bond acceptors (Lipinski definition) is 3. The summed E-state index contributed by atoms with van der Waals surface area (Å²) in [5, 5.41) is 2.65. The van der Waals surface area contributed by atoms with Gasteiger partial charge in [0, 0.05) is 18.2 Å². The predicted octanol–water partition coefficient (Wildman–Crippen LogP) is 2.02. The van der Waals surface area contributed by atoms with Crippen LogP contribution in [-0.4, -0.2) is 26.7 Å². The largest absolute Gasteiger partial charge is 0.493 e. The van der Waals surface area contributed by atoms with Crippen molar-refractivity contribution in [1.82, 2.24) is 5.32 Å². The van der Waals surface area contributed by atoms with Gasteiger partial charge in [-0.1, -0.05) is 18.2 Å². The van der Waals surface area contributed by atoms with Crippen molar-refractivity contribution in [2.75, 3.05) is 20.8 Å². The first kappa shape index (κ1) is 13.8. The molecule has 0 aliphatic rings. The van der Waals surface area contributed by atoms with Crippen molar-refractivity contribution in [3.8, 4) is 11.5 Å². The highest BCUT2D eigenvalue weighted by molar-refractivity contribution is 5.92. The molecule has 0 atom stereocenters. The number of methoxy groups -OCH3 is 2. The molecule has 4 nitrogen and oxygen atoms in total. The summed E-state index contributed by atoms with van der Waals surface area (Å²) in [7, 11) is 3.13. The molecule has 0 fully saturated rings. The monoisotopic (exact) mass is 247 g/mol. The summed E-state index contributed by atoms with van der Waals surface area (Å²) >= 11 is 0. The number of carbonyl (C=O) groups excluding carboxylic acids is 1. The molecule has 0 aromatic heterocycles. The molecule has 0 aliphatic carbocycles. The third kappa shape index (κ3) is 3.66. The zero-order valence-corrected chi connectivity index (χ0v) is 10.6. The standard InChI is InChI=1S/C14H17NO3/c1-4-10-15-13(16)9-8-11-6-5-7-12(17-2)14(11)18-3/h4-9H,1,10H2,2-3H3,(H,15,16)/b9-8+. The number of para-hydroxylation sites is 1. The first-order valence-electron chi connectivity index (χ1n) is 5.50. The van der Waals surface area contributed by atoms with E-state index >= 15 is 0 Å². The van der Waals surface area contributed by atoms with Gasteiger partial charge in [-0.05, 0) is 12.1 Å². The van der Waals surface area contributed by atoms with Gasteiger partial charge < -0.3 is 14.8 Å². The van der Waals surface area contributed by atoms with Gasteiger partial charge in [-0.15, -0.1) is 6.58 Å². The van der Waals surface area contributed by atoms with Crippen LogP contribution >= 0.6 is 0 Å². The molecule has 0 heterocycles. The summed E-state index contributed by atoms with van der Waals surface area (Å²) < 4.78 is 10.4. The number of rotatable bonds is 6. The van der Waals surface area contributed by atoms with Crippen molar-refractivity contribution in [1.29, 1.82) is 0 Å². The Morgan fingerprint density at radius 1 is 1.39 bits per heavy atom.